The number of aliphatic hydroxyl groups excluding tert-OH is 5. The lowest BCUT2D eigenvalue weighted by Gasteiger charge is -2.40. The molecule has 0 bridgehead atoms. The van der Waals surface area contributed by atoms with Crippen LogP contribution in [0, 0.1) is 0 Å². The maximum Gasteiger partial charge on any atom is 0.220 e. The number of carbonyl (C=O) groups excluding carboxylic acids is 1. The SMILES string of the molecule is C/C=C/CC/C=C/CC/C=C/C(O)C(COC1OC(CO)C(O)C(O)C1O)NC(=O)CCC/C=C\CCCCCC. The van der Waals surface area contributed by atoms with Crippen LogP contribution in [0.2, 0.25) is 0 Å². The Kier molecular flexibility index (Phi) is 21.5. The second-order valence-electron chi connectivity index (χ2n) is 10.5. The summed E-state index contributed by atoms with van der Waals surface area (Å²) in [5.41, 5.74) is 0. The van der Waals surface area contributed by atoms with Crippen molar-refractivity contribution in [1.29, 1.82) is 0 Å². The minimum Gasteiger partial charge on any atom is -0.394 e. The quantitative estimate of drug-likeness (QED) is 0.0839. The van der Waals surface area contributed by atoms with Gasteiger partial charge in [0.1, 0.15) is 24.4 Å². The van der Waals surface area contributed by atoms with Crippen molar-refractivity contribution in [3.63, 3.8) is 0 Å². The first-order valence-corrected chi connectivity index (χ1v) is 15.3. The summed E-state index contributed by atoms with van der Waals surface area (Å²) in [4.78, 5) is 12.7. The van der Waals surface area contributed by atoms with Crippen LogP contribution in [0.5, 0.6) is 0 Å². The van der Waals surface area contributed by atoms with E-state index in [9.17, 15) is 30.3 Å². The molecule has 1 aliphatic rings. The van der Waals surface area contributed by atoms with Gasteiger partial charge in [-0.15, -0.1) is 0 Å². The van der Waals surface area contributed by atoms with Crippen LogP contribution in [0.25, 0.3) is 0 Å². The Bertz CT molecular complexity index is 782. The normalized spacial score (nSPS) is 25.1. The summed E-state index contributed by atoms with van der Waals surface area (Å²) in [5, 5.41) is 53.3. The summed E-state index contributed by atoms with van der Waals surface area (Å²) in [7, 11) is 0. The van der Waals surface area contributed by atoms with Crippen molar-refractivity contribution in [3.8, 4) is 0 Å². The minimum absolute atomic E-state index is 0.220. The second-order valence-corrected chi connectivity index (χ2v) is 10.5. The molecule has 0 aromatic heterocycles. The van der Waals surface area contributed by atoms with Crippen LogP contribution in [0.1, 0.15) is 90.9 Å². The number of hydrogen-bond donors (Lipinski definition) is 6. The molecule has 1 rings (SSSR count). The zero-order chi connectivity index (χ0) is 30.3. The van der Waals surface area contributed by atoms with E-state index < -0.39 is 49.5 Å². The van der Waals surface area contributed by atoms with Crippen LogP contribution in [-0.4, -0.2) is 87.5 Å². The highest BCUT2D eigenvalue weighted by Gasteiger charge is 2.44. The van der Waals surface area contributed by atoms with Crippen LogP contribution in [-0.2, 0) is 14.3 Å². The van der Waals surface area contributed by atoms with Gasteiger partial charge in [-0.25, -0.2) is 0 Å². The molecule has 41 heavy (non-hydrogen) atoms. The fourth-order valence-electron chi connectivity index (χ4n) is 4.37. The van der Waals surface area contributed by atoms with E-state index in [2.05, 4.69) is 42.6 Å². The predicted octanol–water partition coefficient (Wildman–Crippen LogP) is 3.59. The van der Waals surface area contributed by atoms with Crippen LogP contribution in [0.4, 0.5) is 0 Å². The van der Waals surface area contributed by atoms with E-state index in [1.807, 2.05) is 19.1 Å². The number of unbranched alkanes of at least 4 members (excludes halogenated alkanes) is 7. The van der Waals surface area contributed by atoms with Crippen molar-refractivity contribution >= 4 is 5.91 Å². The van der Waals surface area contributed by atoms with Gasteiger partial charge in [0.05, 0.1) is 25.4 Å². The summed E-state index contributed by atoms with van der Waals surface area (Å²) in [6.45, 7) is 3.39. The number of rotatable bonds is 22. The number of nitrogens with one attached hydrogen (secondary N) is 1. The van der Waals surface area contributed by atoms with Crippen molar-refractivity contribution in [3.05, 3.63) is 48.6 Å². The first-order valence-electron chi connectivity index (χ1n) is 15.3. The van der Waals surface area contributed by atoms with E-state index in [4.69, 9.17) is 9.47 Å². The molecule has 0 spiro atoms. The van der Waals surface area contributed by atoms with Crippen molar-refractivity contribution in [2.75, 3.05) is 13.2 Å². The van der Waals surface area contributed by atoms with Crippen molar-refractivity contribution in [2.45, 2.75) is 134 Å². The van der Waals surface area contributed by atoms with Gasteiger partial charge >= 0.3 is 0 Å². The summed E-state index contributed by atoms with van der Waals surface area (Å²) in [6.07, 6.45) is 19.1. The standard InChI is InChI=1S/C32H55NO8/c1-3-5-7-9-11-13-15-17-19-21-26(35)25(24-40-32-31(39)30(38)29(37)27(23-34)41-32)33-28(36)22-20-18-16-14-12-10-8-6-4-2/h3,5,11,13-14,16,19,21,25-27,29-32,34-35,37-39H,4,6-10,12,15,17-18,20,22-24H2,1-2H3,(H,33,36)/b5-3+,13-11+,16-14-,21-19+. The van der Waals surface area contributed by atoms with Crippen LogP contribution in [0.3, 0.4) is 0 Å². The number of ether oxygens (including phenoxy) is 2. The van der Waals surface area contributed by atoms with Crippen molar-refractivity contribution < 1.29 is 39.8 Å². The molecule has 1 fully saturated rings. The molecule has 9 nitrogen and oxygen atoms in total. The highest BCUT2D eigenvalue weighted by Crippen LogP contribution is 2.22. The van der Waals surface area contributed by atoms with E-state index in [1.165, 1.54) is 25.7 Å². The number of aliphatic hydroxyl groups is 5. The van der Waals surface area contributed by atoms with Crippen LogP contribution >= 0.6 is 0 Å². The van der Waals surface area contributed by atoms with Crippen LogP contribution in [0.15, 0.2) is 48.6 Å². The highest BCUT2D eigenvalue weighted by molar-refractivity contribution is 5.76. The summed E-state index contributed by atoms with van der Waals surface area (Å²) >= 11 is 0. The Morgan fingerprint density at radius 2 is 1.49 bits per heavy atom. The summed E-state index contributed by atoms with van der Waals surface area (Å²) in [5.74, 6) is -0.236. The van der Waals surface area contributed by atoms with Crippen molar-refractivity contribution in [2.24, 2.45) is 0 Å². The van der Waals surface area contributed by atoms with E-state index in [0.29, 0.717) is 6.42 Å². The molecule has 0 aromatic carbocycles. The second kappa shape index (κ2) is 23.7. The third-order valence-corrected chi connectivity index (χ3v) is 6.95. The molecule has 0 aliphatic carbocycles. The van der Waals surface area contributed by atoms with Gasteiger partial charge < -0.3 is 40.3 Å². The van der Waals surface area contributed by atoms with Gasteiger partial charge in [-0.3, -0.25) is 4.79 Å². The lowest BCUT2D eigenvalue weighted by molar-refractivity contribution is -0.302. The average molecular weight is 582 g/mol. The van der Waals surface area contributed by atoms with E-state index in [1.54, 1.807) is 6.08 Å². The number of carbonyl (C=O) groups is 1. The topological polar surface area (TPSA) is 149 Å². The maximum atomic E-state index is 12.7. The molecule has 0 saturated carbocycles. The number of hydrogen-bond acceptors (Lipinski definition) is 8. The largest absolute Gasteiger partial charge is 0.394 e. The molecule has 1 amide bonds. The first kappa shape index (κ1) is 37.2. The Labute approximate surface area is 246 Å². The molecule has 1 heterocycles. The van der Waals surface area contributed by atoms with Gasteiger partial charge in [0.15, 0.2) is 6.29 Å². The maximum absolute atomic E-state index is 12.7. The Morgan fingerprint density at radius 1 is 0.854 bits per heavy atom. The lowest BCUT2D eigenvalue weighted by Crippen LogP contribution is -2.60. The van der Waals surface area contributed by atoms with E-state index >= 15 is 0 Å². The molecule has 9 heteroatoms. The average Bonchev–Trinajstić information content (AvgIpc) is 2.97. The molecular weight excluding hydrogens is 526 g/mol. The van der Waals surface area contributed by atoms with Crippen molar-refractivity contribution in [1.82, 2.24) is 5.32 Å². The zero-order valence-electron chi connectivity index (χ0n) is 25.0. The highest BCUT2D eigenvalue weighted by atomic mass is 16.7. The molecule has 7 unspecified atom stereocenters. The Morgan fingerprint density at radius 3 is 2.15 bits per heavy atom. The lowest BCUT2D eigenvalue weighted by atomic mass is 9.99. The predicted molar refractivity (Wildman–Crippen MR) is 161 cm³/mol. The van der Waals surface area contributed by atoms with Crippen LogP contribution < -0.4 is 5.32 Å². The molecule has 1 aliphatic heterocycles. The third kappa shape index (κ3) is 16.4. The number of amides is 1. The van der Waals surface area contributed by atoms with Gasteiger partial charge in [0.2, 0.25) is 5.91 Å². The van der Waals surface area contributed by atoms with Gasteiger partial charge in [-0.05, 0) is 58.3 Å². The third-order valence-electron chi connectivity index (χ3n) is 6.95. The molecular formula is C32H55NO8. The first-order chi connectivity index (χ1) is 19.8. The Balaban J connectivity index is 2.64. The zero-order valence-corrected chi connectivity index (χ0v) is 25.0. The molecule has 6 N–H and O–H groups in total. The van der Waals surface area contributed by atoms with Gasteiger partial charge in [0.25, 0.3) is 0 Å². The summed E-state index contributed by atoms with van der Waals surface area (Å²) in [6, 6.07) is -0.836. The van der Waals surface area contributed by atoms with Gasteiger partial charge in [-0.2, -0.15) is 0 Å². The smallest absolute Gasteiger partial charge is 0.220 e. The molecule has 0 radical (unpaired) electrons. The van der Waals surface area contributed by atoms with E-state index in [-0.39, 0.29) is 18.9 Å². The summed E-state index contributed by atoms with van der Waals surface area (Å²) < 4.78 is 11.0. The fourth-order valence-corrected chi connectivity index (χ4v) is 4.37. The van der Waals surface area contributed by atoms with Gasteiger partial charge in [-0.1, -0.05) is 74.8 Å². The molecule has 1 saturated heterocycles. The minimum atomic E-state index is -1.57. The monoisotopic (exact) mass is 581 g/mol. The molecule has 0 aromatic rings. The fraction of sp³-hybridized carbons (Fsp3) is 0.719. The Hall–Kier alpha value is -1.85. The molecule has 236 valence electrons. The van der Waals surface area contributed by atoms with E-state index in [0.717, 1.165) is 38.5 Å². The molecule has 7 atom stereocenters. The number of allylic oxidation sites excluding steroid dienone is 7. The van der Waals surface area contributed by atoms with Gasteiger partial charge in [0, 0.05) is 6.42 Å².